The average Bonchev–Trinajstić information content (AvgIpc) is 2.67. The van der Waals surface area contributed by atoms with Crippen molar-refractivity contribution in [3.8, 4) is 0 Å². The van der Waals surface area contributed by atoms with Gasteiger partial charge < -0.3 is 9.73 Å². The second-order valence-electron chi connectivity index (χ2n) is 3.44. The first-order valence-corrected chi connectivity index (χ1v) is 6.39. The standard InChI is InChI=1S/C12H11ClINO/c13-10-3-1-9(2-4-10)7-15-8-11-5-6-12(14)16-11/h1-6,15H,7-8H2. The molecule has 0 amide bonds. The monoisotopic (exact) mass is 347 g/mol. The van der Waals surface area contributed by atoms with Gasteiger partial charge in [-0.15, -0.1) is 0 Å². The number of furan rings is 1. The fourth-order valence-electron chi connectivity index (χ4n) is 1.38. The van der Waals surface area contributed by atoms with E-state index in [9.17, 15) is 0 Å². The molecule has 0 spiro atoms. The third-order valence-electron chi connectivity index (χ3n) is 2.17. The minimum absolute atomic E-state index is 0.742. The molecule has 0 fully saturated rings. The zero-order valence-corrected chi connectivity index (χ0v) is 11.5. The first-order valence-electron chi connectivity index (χ1n) is 4.93. The molecule has 1 aromatic heterocycles. The van der Waals surface area contributed by atoms with E-state index < -0.39 is 0 Å². The van der Waals surface area contributed by atoms with Crippen LogP contribution in [0.4, 0.5) is 0 Å². The van der Waals surface area contributed by atoms with E-state index in [2.05, 4.69) is 27.9 Å². The summed E-state index contributed by atoms with van der Waals surface area (Å²) in [5.41, 5.74) is 1.21. The predicted molar refractivity (Wildman–Crippen MR) is 73.4 cm³/mol. The Balaban J connectivity index is 1.82. The maximum atomic E-state index is 5.81. The minimum Gasteiger partial charge on any atom is -0.454 e. The quantitative estimate of drug-likeness (QED) is 0.851. The Kier molecular flexibility index (Phi) is 4.26. The van der Waals surface area contributed by atoms with Crippen LogP contribution in [0, 0.1) is 3.77 Å². The average molecular weight is 348 g/mol. The highest BCUT2D eigenvalue weighted by molar-refractivity contribution is 14.1. The van der Waals surface area contributed by atoms with Crippen molar-refractivity contribution in [2.75, 3.05) is 0 Å². The summed E-state index contributed by atoms with van der Waals surface area (Å²) in [6, 6.07) is 11.8. The van der Waals surface area contributed by atoms with E-state index in [4.69, 9.17) is 16.0 Å². The number of hydrogen-bond donors (Lipinski definition) is 1. The molecule has 2 nitrogen and oxygen atoms in total. The SMILES string of the molecule is Clc1ccc(CNCc2ccc(I)o2)cc1. The van der Waals surface area contributed by atoms with Crippen molar-refractivity contribution in [1.29, 1.82) is 0 Å². The Morgan fingerprint density at radius 1 is 1.06 bits per heavy atom. The lowest BCUT2D eigenvalue weighted by atomic mass is 10.2. The second-order valence-corrected chi connectivity index (χ2v) is 4.94. The molecule has 1 heterocycles. The molecule has 16 heavy (non-hydrogen) atoms. The lowest BCUT2D eigenvalue weighted by molar-refractivity contribution is 0.463. The molecule has 0 bridgehead atoms. The number of halogens is 2. The van der Waals surface area contributed by atoms with Crippen molar-refractivity contribution in [3.63, 3.8) is 0 Å². The molecule has 2 rings (SSSR count). The fraction of sp³-hybridized carbons (Fsp3) is 0.167. The second kappa shape index (κ2) is 5.70. The molecule has 84 valence electrons. The van der Waals surface area contributed by atoms with Crippen molar-refractivity contribution in [2.45, 2.75) is 13.1 Å². The molecular formula is C12H11ClINO. The predicted octanol–water partition coefficient (Wildman–Crippen LogP) is 3.83. The van der Waals surface area contributed by atoms with Gasteiger partial charge in [0.25, 0.3) is 0 Å². The Morgan fingerprint density at radius 2 is 1.81 bits per heavy atom. The van der Waals surface area contributed by atoms with E-state index in [0.29, 0.717) is 0 Å². The molecule has 0 saturated carbocycles. The van der Waals surface area contributed by atoms with E-state index in [0.717, 1.165) is 27.6 Å². The fourth-order valence-corrected chi connectivity index (χ4v) is 1.97. The Hall–Kier alpha value is -0.520. The minimum atomic E-state index is 0.742. The van der Waals surface area contributed by atoms with Crippen LogP contribution in [0.1, 0.15) is 11.3 Å². The first kappa shape index (κ1) is 12.0. The zero-order valence-electron chi connectivity index (χ0n) is 8.54. The van der Waals surface area contributed by atoms with Crippen molar-refractivity contribution >= 4 is 34.2 Å². The summed E-state index contributed by atoms with van der Waals surface area (Å²) in [6.45, 7) is 1.56. The summed E-state index contributed by atoms with van der Waals surface area (Å²) in [5, 5.41) is 4.08. The van der Waals surface area contributed by atoms with Crippen LogP contribution in [0.3, 0.4) is 0 Å². The van der Waals surface area contributed by atoms with Gasteiger partial charge in [0, 0.05) is 11.6 Å². The molecule has 1 aromatic carbocycles. The molecule has 0 saturated heterocycles. The third-order valence-corrected chi connectivity index (χ3v) is 3.00. The smallest absolute Gasteiger partial charge is 0.164 e. The van der Waals surface area contributed by atoms with Gasteiger partial charge in [0.15, 0.2) is 3.77 Å². The zero-order chi connectivity index (χ0) is 11.4. The summed E-state index contributed by atoms with van der Waals surface area (Å²) in [5.74, 6) is 0.957. The Morgan fingerprint density at radius 3 is 2.44 bits per heavy atom. The molecular weight excluding hydrogens is 336 g/mol. The largest absolute Gasteiger partial charge is 0.454 e. The lowest BCUT2D eigenvalue weighted by Gasteiger charge is -2.02. The third kappa shape index (κ3) is 3.50. The van der Waals surface area contributed by atoms with Gasteiger partial charge >= 0.3 is 0 Å². The van der Waals surface area contributed by atoms with Gasteiger partial charge in [0.2, 0.25) is 0 Å². The van der Waals surface area contributed by atoms with Crippen LogP contribution in [0.2, 0.25) is 5.02 Å². The van der Waals surface area contributed by atoms with Crippen LogP contribution in [-0.2, 0) is 13.1 Å². The van der Waals surface area contributed by atoms with Crippen LogP contribution < -0.4 is 5.32 Å². The maximum absolute atomic E-state index is 5.81. The highest BCUT2D eigenvalue weighted by atomic mass is 127. The lowest BCUT2D eigenvalue weighted by Crippen LogP contribution is -2.11. The van der Waals surface area contributed by atoms with E-state index in [1.54, 1.807) is 0 Å². The van der Waals surface area contributed by atoms with Crippen LogP contribution in [-0.4, -0.2) is 0 Å². The molecule has 0 aliphatic heterocycles. The van der Waals surface area contributed by atoms with Crippen molar-refractivity contribution < 1.29 is 4.42 Å². The Bertz CT molecular complexity index is 452. The van der Waals surface area contributed by atoms with E-state index in [-0.39, 0.29) is 0 Å². The molecule has 0 radical (unpaired) electrons. The number of hydrogen-bond acceptors (Lipinski definition) is 2. The number of rotatable bonds is 4. The van der Waals surface area contributed by atoms with Gasteiger partial charge in [0.1, 0.15) is 5.76 Å². The van der Waals surface area contributed by atoms with Gasteiger partial charge in [-0.1, -0.05) is 23.7 Å². The van der Waals surface area contributed by atoms with Crippen molar-refractivity contribution in [1.82, 2.24) is 5.32 Å². The molecule has 0 aliphatic rings. The normalized spacial score (nSPS) is 10.6. The summed E-state index contributed by atoms with van der Waals surface area (Å²) in [7, 11) is 0. The van der Waals surface area contributed by atoms with Gasteiger partial charge in [-0.2, -0.15) is 0 Å². The van der Waals surface area contributed by atoms with Crippen molar-refractivity contribution in [2.24, 2.45) is 0 Å². The highest BCUT2D eigenvalue weighted by Crippen LogP contribution is 2.11. The molecule has 2 aromatic rings. The van der Waals surface area contributed by atoms with E-state index in [1.165, 1.54) is 5.56 Å². The van der Waals surface area contributed by atoms with Crippen LogP contribution in [0.5, 0.6) is 0 Å². The summed E-state index contributed by atoms with van der Waals surface area (Å²) in [6.07, 6.45) is 0. The van der Waals surface area contributed by atoms with E-state index in [1.807, 2.05) is 36.4 Å². The van der Waals surface area contributed by atoms with Crippen LogP contribution >= 0.6 is 34.2 Å². The summed E-state index contributed by atoms with van der Waals surface area (Å²) < 4.78 is 6.36. The van der Waals surface area contributed by atoms with Crippen molar-refractivity contribution in [3.05, 3.63) is 56.5 Å². The van der Waals surface area contributed by atoms with Crippen LogP contribution in [0.25, 0.3) is 0 Å². The number of benzene rings is 1. The van der Waals surface area contributed by atoms with Crippen LogP contribution in [0.15, 0.2) is 40.8 Å². The van der Waals surface area contributed by atoms with E-state index >= 15 is 0 Å². The molecule has 0 aliphatic carbocycles. The molecule has 1 N–H and O–H groups in total. The summed E-state index contributed by atoms with van der Waals surface area (Å²) >= 11 is 7.97. The van der Waals surface area contributed by atoms with Gasteiger partial charge in [0.05, 0.1) is 6.54 Å². The highest BCUT2D eigenvalue weighted by Gasteiger charge is 1.98. The summed E-state index contributed by atoms with van der Waals surface area (Å²) in [4.78, 5) is 0. The van der Waals surface area contributed by atoms with Gasteiger partial charge in [-0.3, -0.25) is 0 Å². The number of nitrogens with one attached hydrogen (secondary N) is 1. The molecule has 0 atom stereocenters. The van der Waals surface area contributed by atoms with Gasteiger partial charge in [-0.25, -0.2) is 0 Å². The maximum Gasteiger partial charge on any atom is 0.164 e. The molecule has 4 heteroatoms. The topological polar surface area (TPSA) is 25.2 Å². The Labute approximate surface area is 113 Å². The van der Waals surface area contributed by atoms with Gasteiger partial charge in [-0.05, 0) is 52.4 Å². The molecule has 0 unspecified atom stereocenters. The first-order chi connectivity index (χ1) is 7.74.